The molecule has 0 radical (unpaired) electrons. The van der Waals surface area contributed by atoms with E-state index in [9.17, 15) is 0 Å². The predicted molar refractivity (Wildman–Crippen MR) is 74.6 cm³/mol. The zero-order chi connectivity index (χ0) is 9.90. The van der Waals surface area contributed by atoms with Gasteiger partial charge in [-0.2, -0.15) is 0 Å². The summed E-state index contributed by atoms with van der Waals surface area (Å²) in [6, 6.07) is 0. The molecule has 0 nitrogen and oxygen atoms in total. The first-order valence-corrected chi connectivity index (χ1v) is 8.41. The molecule has 1 aliphatic heterocycles. The Morgan fingerprint density at radius 3 is 1.07 bits per heavy atom. The number of thioether (sulfide) groups is 4. The Morgan fingerprint density at radius 2 is 0.786 bits per heavy atom. The van der Waals surface area contributed by atoms with Gasteiger partial charge in [0.05, 0.1) is 0 Å². The number of hydrogen-bond acceptors (Lipinski definition) is 4. The molecule has 0 bridgehead atoms. The molecule has 0 unspecified atom stereocenters. The van der Waals surface area contributed by atoms with Crippen molar-refractivity contribution in [2.45, 2.75) is 12.8 Å². The highest BCUT2D eigenvalue weighted by Gasteiger charge is 1.89. The van der Waals surface area contributed by atoms with Crippen LogP contribution in [0.4, 0.5) is 0 Å². The van der Waals surface area contributed by atoms with Gasteiger partial charge < -0.3 is 0 Å². The van der Waals surface area contributed by atoms with Crippen molar-refractivity contribution in [3.8, 4) is 21.0 Å². The van der Waals surface area contributed by atoms with Crippen LogP contribution in [0.25, 0.3) is 0 Å². The van der Waals surface area contributed by atoms with Crippen molar-refractivity contribution in [2.24, 2.45) is 0 Å². The molecule has 0 saturated heterocycles. The van der Waals surface area contributed by atoms with Gasteiger partial charge in [0, 0.05) is 23.0 Å². The quantitative estimate of drug-likeness (QED) is 0.611. The normalized spacial score (nSPS) is 19.4. The average molecular weight is 260 g/mol. The Morgan fingerprint density at radius 1 is 0.500 bits per heavy atom. The maximum Gasteiger partial charge on any atom is 0.00651 e. The summed E-state index contributed by atoms with van der Waals surface area (Å²) in [6.45, 7) is 0. The van der Waals surface area contributed by atoms with E-state index >= 15 is 0 Å². The van der Waals surface area contributed by atoms with Crippen LogP contribution in [0.15, 0.2) is 0 Å². The van der Waals surface area contributed by atoms with Gasteiger partial charge in [-0.3, -0.25) is 0 Å². The molecule has 0 fully saturated rings. The van der Waals surface area contributed by atoms with Crippen molar-refractivity contribution in [1.82, 2.24) is 0 Å². The van der Waals surface area contributed by atoms with Gasteiger partial charge in [0.1, 0.15) is 0 Å². The lowest BCUT2D eigenvalue weighted by molar-refractivity contribution is 1.13. The van der Waals surface area contributed by atoms with E-state index < -0.39 is 0 Å². The smallest absolute Gasteiger partial charge is 0.00651 e. The van der Waals surface area contributed by atoms with Crippen molar-refractivity contribution in [2.75, 3.05) is 23.0 Å². The van der Waals surface area contributed by atoms with Gasteiger partial charge >= 0.3 is 0 Å². The second-order valence-electron chi connectivity index (χ2n) is 2.51. The van der Waals surface area contributed by atoms with E-state index in [2.05, 4.69) is 21.0 Å². The average Bonchev–Trinajstić information content (AvgIpc) is 2.22. The highest BCUT2D eigenvalue weighted by atomic mass is 32.2. The van der Waals surface area contributed by atoms with Crippen molar-refractivity contribution >= 4 is 47.0 Å². The van der Waals surface area contributed by atoms with Crippen molar-refractivity contribution in [1.29, 1.82) is 0 Å². The van der Waals surface area contributed by atoms with E-state index in [-0.39, 0.29) is 0 Å². The van der Waals surface area contributed by atoms with Gasteiger partial charge in [0.15, 0.2) is 0 Å². The molecular formula is C10H12S4. The molecule has 1 aliphatic rings. The molecule has 0 atom stereocenters. The van der Waals surface area contributed by atoms with Gasteiger partial charge in [0.25, 0.3) is 0 Å². The fourth-order valence-electron chi connectivity index (χ4n) is 0.729. The van der Waals surface area contributed by atoms with Gasteiger partial charge in [-0.1, -0.05) is 47.0 Å². The second kappa shape index (κ2) is 10.1. The third kappa shape index (κ3) is 7.88. The zero-order valence-electron chi connectivity index (χ0n) is 7.88. The molecule has 4 heteroatoms. The number of rotatable bonds is 0. The van der Waals surface area contributed by atoms with Crippen LogP contribution in [-0.2, 0) is 0 Å². The maximum atomic E-state index is 3.12. The van der Waals surface area contributed by atoms with Gasteiger partial charge in [-0.15, -0.1) is 0 Å². The lowest BCUT2D eigenvalue weighted by Gasteiger charge is -1.94. The van der Waals surface area contributed by atoms with E-state index in [0.29, 0.717) is 0 Å². The van der Waals surface area contributed by atoms with Crippen LogP contribution >= 0.6 is 47.0 Å². The molecule has 76 valence electrons. The van der Waals surface area contributed by atoms with Crippen molar-refractivity contribution < 1.29 is 0 Å². The largest absolute Gasteiger partial charge is 0.0741 e. The summed E-state index contributed by atoms with van der Waals surface area (Å²) < 4.78 is 0. The molecule has 0 aromatic heterocycles. The third-order valence-corrected chi connectivity index (χ3v) is 4.57. The van der Waals surface area contributed by atoms with Crippen LogP contribution < -0.4 is 0 Å². The summed E-state index contributed by atoms with van der Waals surface area (Å²) in [5.74, 6) is 4.54. The lowest BCUT2D eigenvalue weighted by Crippen LogP contribution is -1.82. The molecule has 1 rings (SSSR count). The lowest BCUT2D eigenvalue weighted by atomic mass is 10.6. The Kier molecular flexibility index (Phi) is 9.04. The maximum absolute atomic E-state index is 3.12. The molecule has 1 heterocycles. The molecule has 0 saturated carbocycles. The first-order chi connectivity index (χ1) is 7.00. The van der Waals surface area contributed by atoms with Gasteiger partial charge in [-0.25, -0.2) is 0 Å². The minimum atomic E-state index is 1.13. The van der Waals surface area contributed by atoms with Crippen LogP contribution in [0, 0.1) is 21.0 Å². The van der Waals surface area contributed by atoms with Crippen molar-refractivity contribution in [3.05, 3.63) is 0 Å². The molecule has 0 aromatic rings. The van der Waals surface area contributed by atoms with Crippen LogP contribution in [0.2, 0.25) is 0 Å². The van der Waals surface area contributed by atoms with E-state index in [1.165, 1.54) is 12.8 Å². The second-order valence-corrected chi connectivity index (χ2v) is 6.11. The van der Waals surface area contributed by atoms with Crippen LogP contribution in [0.1, 0.15) is 12.8 Å². The topological polar surface area (TPSA) is 0 Å². The van der Waals surface area contributed by atoms with E-state index in [1.54, 1.807) is 47.0 Å². The standard InChI is InChI=1S/C10H12S4/c1-3-11-7-9-13-5-2-6-14-10-8-12-4-1/h1-6H2. The fraction of sp³-hybridized carbons (Fsp3) is 0.600. The summed E-state index contributed by atoms with van der Waals surface area (Å²) in [6.07, 6.45) is 2.40. The fourth-order valence-corrected chi connectivity index (χ4v) is 3.60. The summed E-state index contributed by atoms with van der Waals surface area (Å²) >= 11 is 6.92. The third-order valence-electron chi connectivity index (χ3n) is 1.36. The van der Waals surface area contributed by atoms with E-state index in [4.69, 9.17) is 0 Å². The molecule has 14 heavy (non-hydrogen) atoms. The Balaban J connectivity index is 2.21. The summed E-state index contributed by atoms with van der Waals surface area (Å²) in [5, 5.41) is 12.5. The first-order valence-electron chi connectivity index (χ1n) is 4.47. The molecular weight excluding hydrogens is 248 g/mol. The van der Waals surface area contributed by atoms with Gasteiger partial charge in [-0.05, 0) is 33.9 Å². The Labute approximate surface area is 104 Å². The molecule has 0 aromatic carbocycles. The van der Waals surface area contributed by atoms with E-state index in [0.717, 1.165) is 23.0 Å². The minimum absolute atomic E-state index is 1.13. The first kappa shape index (κ1) is 12.6. The highest BCUT2D eigenvalue weighted by Crippen LogP contribution is 2.10. The number of hydrogen-bond donors (Lipinski definition) is 0. The van der Waals surface area contributed by atoms with Crippen molar-refractivity contribution in [3.63, 3.8) is 0 Å². The summed E-state index contributed by atoms with van der Waals surface area (Å²) in [5.41, 5.74) is 0. The SMILES string of the molecule is C1#CSCCCSC#CSCCCS1. The zero-order valence-corrected chi connectivity index (χ0v) is 11.1. The highest BCUT2D eigenvalue weighted by molar-refractivity contribution is 8.08. The van der Waals surface area contributed by atoms with Crippen LogP contribution in [0.3, 0.4) is 0 Å². The molecule has 0 spiro atoms. The molecule has 0 aliphatic carbocycles. The Hall–Kier alpha value is 0.520. The molecule has 0 N–H and O–H groups in total. The minimum Gasteiger partial charge on any atom is -0.0741 e. The predicted octanol–water partition coefficient (Wildman–Crippen LogP) is 3.55. The van der Waals surface area contributed by atoms with Crippen LogP contribution in [0.5, 0.6) is 0 Å². The van der Waals surface area contributed by atoms with E-state index in [1.807, 2.05) is 0 Å². The van der Waals surface area contributed by atoms with Gasteiger partial charge in [0.2, 0.25) is 0 Å². The summed E-state index contributed by atoms with van der Waals surface area (Å²) in [4.78, 5) is 0. The van der Waals surface area contributed by atoms with Crippen LogP contribution in [-0.4, -0.2) is 23.0 Å². The summed E-state index contributed by atoms with van der Waals surface area (Å²) in [7, 11) is 0. The molecule has 0 amide bonds. The monoisotopic (exact) mass is 260 g/mol. The Bertz CT molecular complexity index is 205.